The van der Waals surface area contributed by atoms with Crippen molar-refractivity contribution in [3.05, 3.63) is 29.7 Å². The van der Waals surface area contributed by atoms with Crippen LogP contribution in [0, 0.1) is 11.3 Å². The van der Waals surface area contributed by atoms with Crippen LogP contribution in [0.15, 0.2) is 28.4 Å². The predicted molar refractivity (Wildman–Crippen MR) is 63.9 cm³/mol. The molecule has 0 aliphatic heterocycles. The number of hydrogen-bond donors (Lipinski definition) is 0. The van der Waals surface area contributed by atoms with E-state index < -0.39 is 0 Å². The van der Waals surface area contributed by atoms with Gasteiger partial charge in [-0.1, -0.05) is 20.8 Å². The SMILES string of the molecule is CC1CCC(=Cc2ccco2)C(=O)C1(C)C. The quantitative estimate of drug-likeness (QED) is 0.673. The van der Waals surface area contributed by atoms with Crippen LogP contribution in [-0.4, -0.2) is 5.78 Å². The molecule has 1 aliphatic rings. The van der Waals surface area contributed by atoms with E-state index in [1.165, 1.54) is 0 Å². The number of allylic oxidation sites excluding steroid dienone is 1. The highest BCUT2D eigenvalue weighted by atomic mass is 16.3. The maximum atomic E-state index is 12.3. The average Bonchev–Trinajstić information content (AvgIpc) is 2.73. The molecular weight excluding hydrogens is 200 g/mol. The third-order valence-electron chi connectivity index (χ3n) is 3.82. The fourth-order valence-electron chi connectivity index (χ4n) is 2.17. The Morgan fingerprint density at radius 1 is 1.50 bits per heavy atom. The van der Waals surface area contributed by atoms with Gasteiger partial charge in [-0.3, -0.25) is 4.79 Å². The van der Waals surface area contributed by atoms with Crippen LogP contribution in [0.3, 0.4) is 0 Å². The van der Waals surface area contributed by atoms with E-state index in [1.807, 2.05) is 32.1 Å². The van der Waals surface area contributed by atoms with Crippen molar-refractivity contribution in [1.82, 2.24) is 0 Å². The van der Waals surface area contributed by atoms with Crippen LogP contribution < -0.4 is 0 Å². The summed E-state index contributed by atoms with van der Waals surface area (Å²) in [6.45, 7) is 6.23. The third-order valence-corrected chi connectivity index (χ3v) is 3.82. The van der Waals surface area contributed by atoms with E-state index in [0.29, 0.717) is 5.92 Å². The first-order valence-electron chi connectivity index (χ1n) is 5.80. The van der Waals surface area contributed by atoms with Gasteiger partial charge in [-0.2, -0.15) is 0 Å². The molecule has 1 aliphatic carbocycles. The number of ketones is 1. The summed E-state index contributed by atoms with van der Waals surface area (Å²) >= 11 is 0. The van der Waals surface area contributed by atoms with Crippen LogP contribution in [0.4, 0.5) is 0 Å². The Bertz CT molecular complexity index is 410. The van der Waals surface area contributed by atoms with Crippen molar-refractivity contribution >= 4 is 11.9 Å². The summed E-state index contributed by atoms with van der Waals surface area (Å²) in [6.07, 6.45) is 5.46. The fourth-order valence-corrected chi connectivity index (χ4v) is 2.17. The number of Topliss-reactive ketones (excluding diaryl/α,β-unsaturated/α-hetero) is 1. The smallest absolute Gasteiger partial charge is 0.164 e. The minimum Gasteiger partial charge on any atom is -0.465 e. The molecule has 1 fully saturated rings. The van der Waals surface area contributed by atoms with E-state index in [2.05, 4.69) is 6.92 Å². The van der Waals surface area contributed by atoms with Gasteiger partial charge in [0, 0.05) is 5.41 Å². The molecule has 0 aromatic carbocycles. The first-order valence-corrected chi connectivity index (χ1v) is 5.80. The Labute approximate surface area is 96.3 Å². The molecule has 2 heteroatoms. The van der Waals surface area contributed by atoms with Gasteiger partial charge in [0.2, 0.25) is 0 Å². The molecule has 0 N–H and O–H groups in total. The molecular formula is C14H18O2. The lowest BCUT2D eigenvalue weighted by molar-refractivity contribution is -0.127. The molecule has 2 nitrogen and oxygen atoms in total. The highest BCUT2D eigenvalue weighted by molar-refractivity contribution is 6.03. The number of carbonyl (C=O) groups is 1. The Kier molecular flexibility index (Phi) is 2.75. The van der Waals surface area contributed by atoms with Gasteiger partial charge in [0.1, 0.15) is 5.76 Å². The minimum atomic E-state index is -0.239. The molecule has 0 amide bonds. The van der Waals surface area contributed by atoms with E-state index in [0.717, 1.165) is 24.2 Å². The summed E-state index contributed by atoms with van der Waals surface area (Å²) in [5.74, 6) is 1.49. The lowest BCUT2D eigenvalue weighted by atomic mass is 9.67. The average molecular weight is 218 g/mol. The molecule has 1 atom stereocenters. The highest BCUT2D eigenvalue weighted by Crippen LogP contribution is 2.40. The van der Waals surface area contributed by atoms with Gasteiger partial charge in [0.15, 0.2) is 5.78 Å². The Balaban J connectivity index is 2.28. The molecule has 1 heterocycles. The number of rotatable bonds is 1. The van der Waals surface area contributed by atoms with Gasteiger partial charge in [0.05, 0.1) is 6.26 Å². The molecule has 1 aromatic rings. The van der Waals surface area contributed by atoms with Crippen LogP contribution in [0.2, 0.25) is 0 Å². The number of furan rings is 1. The van der Waals surface area contributed by atoms with Gasteiger partial charge in [-0.05, 0) is 42.5 Å². The van der Waals surface area contributed by atoms with Crippen molar-refractivity contribution in [2.45, 2.75) is 33.6 Å². The Hall–Kier alpha value is -1.31. The van der Waals surface area contributed by atoms with E-state index in [4.69, 9.17) is 4.42 Å². The molecule has 1 aromatic heterocycles. The molecule has 1 saturated carbocycles. The third kappa shape index (κ3) is 1.84. The zero-order chi connectivity index (χ0) is 11.8. The van der Waals surface area contributed by atoms with Crippen molar-refractivity contribution in [2.75, 3.05) is 0 Å². The first kappa shape index (κ1) is 11.2. The lowest BCUT2D eigenvalue weighted by Gasteiger charge is -2.36. The standard InChI is InChI=1S/C14H18O2/c1-10-6-7-11(13(15)14(10,2)3)9-12-5-4-8-16-12/h4-5,8-10H,6-7H2,1-3H3. The topological polar surface area (TPSA) is 30.2 Å². The normalized spacial score (nSPS) is 27.3. The van der Waals surface area contributed by atoms with Gasteiger partial charge in [-0.15, -0.1) is 0 Å². The molecule has 2 rings (SSSR count). The fraction of sp³-hybridized carbons (Fsp3) is 0.500. The summed E-state index contributed by atoms with van der Waals surface area (Å²) < 4.78 is 5.25. The van der Waals surface area contributed by atoms with Gasteiger partial charge >= 0.3 is 0 Å². The van der Waals surface area contributed by atoms with Crippen LogP contribution in [0.25, 0.3) is 6.08 Å². The van der Waals surface area contributed by atoms with Gasteiger partial charge in [0.25, 0.3) is 0 Å². The second-order valence-electron chi connectivity index (χ2n) is 5.18. The largest absolute Gasteiger partial charge is 0.465 e. The minimum absolute atomic E-state index is 0.239. The lowest BCUT2D eigenvalue weighted by Crippen LogP contribution is -2.36. The molecule has 0 saturated heterocycles. The van der Waals surface area contributed by atoms with Gasteiger partial charge in [-0.25, -0.2) is 0 Å². The molecule has 1 unspecified atom stereocenters. The van der Waals surface area contributed by atoms with E-state index in [-0.39, 0.29) is 11.2 Å². The first-order chi connectivity index (χ1) is 7.51. The predicted octanol–water partition coefficient (Wildman–Crippen LogP) is 3.69. The molecule has 16 heavy (non-hydrogen) atoms. The van der Waals surface area contributed by atoms with Crippen molar-refractivity contribution < 1.29 is 9.21 Å². The molecule has 86 valence electrons. The van der Waals surface area contributed by atoms with Crippen molar-refractivity contribution in [3.63, 3.8) is 0 Å². The van der Waals surface area contributed by atoms with Gasteiger partial charge < -0.3 is 4.42 Å². The monoisotopic (exact) mass is 218 g/mol. The second kappa shape index (κ2) is 3.93. The van der Waals surface area contributed by atoms with E-state index in [9.17, 15) is 4.79 Å². The molecule has 0 spiro atoms. The maximum Gasteiger partial charge on any atom is 0.164 e. The van der Waals surface area contributed by atoms with Crippen molar-refractivity contribution in [2.24, 2.45) is 11.3 Å². The second-order valence-corrected chi connectivity index (χ2v) is 5.18. The zero-order valence-corrected chi connectivity index (χ0v) is 10.1. The Morgan fingerprint density at radius 3 is 2.88 bits per heavy atom. The highest BCUT2D eigenvalue weighted by Gasteiger charge is 2.39. The van der Waals surface area contributed by atoms with Crippen LogP contribution >= 0.6 is 0 Å². The zero-order valence-electron chi connectivity index (χ0n) is 10.1. The maximum absolute atomic E-state index is 12.3. The molecule has 0 bridgehead atoms. The van der Waals surface area contributed by atoms with Crippen molar-refractivity contribution in [1.29, 1.82) is 0 Å². The number of carbonyl (C=O) groups excluding carboxylic acids is 1. The summed E-state index contributed by atoms with van der Waals surface area (Å²) in [5, 5.41) is 0. The van der Waals surface area contributed by atoms with E-state index in [1.54, 1.807) is 6.26 Å². The van der Waals surface area contributed by atoms with Crippen LogP contribution in [0.1, 0.15) is 39.4 Å². The summed E-state index contributed by atoms with van der Waals surface area (Å²) in [5.41, 5.74) is 0.662. The van der Waals surface area contributed by atoms with Crippen LogP contribution in [0.5, 0.6) is 0 Å². The summed E-state index contributed by atoms with van der Waals surface area (Å²) in [7, 11) is 0. The molecule has 0 radical (unpaired) electrons. The summed E-state index contributed by atoms with van der Waals surface area (Å²) in [4.78, 5) is 12.3. The Morgan fingerprint density at radius 2 is 2.25 bits per heavy atom. The number of hydrogen-bond acceptors (Lipinski definition) is 2. The van der Waals surface area contributed by atoms with E-state index >= 15 is 0 Å². The van der Waals surface area contributed by atoms with Crippen molar-refractivity contribution in [3.8, 4) is 0 Å². The van der Waals surface area contributed by atoms with Crippen LogP contribution in [-0.2, 0) is 4.79 Å². The summed E-state index contributed by atoms with van der Waals surface area (Å²) in [6, 6.07) is 3.72.